The Morgan fingerprint density at radius 3 is 2.60 bits per heavy atom. The van der Waals surface area contributed by atoms with Gasteiger partial charge in [0.05, 0.1) is 5.56 Å². The molecule has 0 saturated carbocycles. The zero-order valence-electron chi connectivity index (χ0n) is 12.8. The molecular formula is C16H24N2O2. The molecule has 1 aromatic rings. The van der Waals surface area contributed by atoms with Crippen LogP contribution in [0.2, 0.25) is 0 Å². The molecule has 1 N–H and O–H groups in total. The fourth-order valence-corrected chi connectivity index (χ4v) is 2.72. The number of aryl methyl sites for hydroxylation is 1. The van der Waals surface area contributed by atoms with Gasteiger partial charge in [-0.1, -0.05) is 6.07 Å². The van der Waals surface area contributed by atoms with E-state index in [4.69, 9.17) is 5.11 Å². The Kier molecular flexibility index (Phi) is 4.16. The third-order valence-corrected chi connectivity index (χ3v) is 4.38. The van der Waals surface area contributed by atoms with Crippen LogP contribution in [0.15, 0.2) is 18.2 Å². The van der Waals surface area contributed by atoms with Crippen molar-refractivity contribution < 1.29 is 9.90 Å². The number of likely N-dealkylation sites (N-methyl/N-ethyl adjacent to an activating group) is 1. The van der Waals surface area contributed by atoms with Crippen LogP contribution in [0, 0.1) is 6.92 Å². The van der Waals surface area contributed by atoms with Crippen LogP contribution in [-0.2, 0) is 6.54 Å². The molecule has 0 bridgehead atoms. The number of hydrogen-bond donors (Lipinski definition) is 1. The first kappa shape index (κ1) is 15.0. The second-order valence-electron chi connectivity index (χ2n) is 6.39. The van der Waals surface area contributed by atoms with Gasteiger partial charge in [-0.25, -0.2) is 4.79 Å². The van der Waals surface area contributed by atoms with Crippen LogP contribution in [0.4, 0.5) is 0 Å². The molecule has 1 aliphatic heterocycles. The van der Waals surface area contributed by atoms with Crippen molar-refractivity contribution in [1.29, 1.82) is 0 Å². The summed E-state index contributed by atoms with van der Waals surface area (Å²) in [7, 11) is 2.17. The summed E-state index contributed by atoms with van der Waals surface area (Å²) < 4.78 is 0. The molecule has 0 atom stereocenters. The van der Waals surface area contributed by atoms with Gasteiger partial charge in [0, 0.05) is 31.7 Å². The minimum absolute atomic E-state index is 0.188. The van der Waals surface area contributed by atoms with E-state index >= 15 is 0 Å². The molecule has 1 aliphatic rings. The molecule has 4 heteroatoms. The predicted octanol–water partition coefficient (Wildman–Crippen LogP) is 2.22. The zero-order chi connectivity index (χ0) is 14.9. The predicted molar refractivity (Wildman–Crippen MR) is 80.1 cm³/mol. The number of hydrogen-bond acceptors (Lipinski definition) is 3. The minimum Gasteiger partial charge on any atom is -0.478 e. The number of piperazine rings is 1. The third-order valence-electron chi connectivity index (χ3n) is 4.38. The fraction of sp³-hybridized carbons (Fsp3) is 0.562. The van der Waals surface area contributed by atoms with E-state index in [1.54, 1.807) is 12.1 Å². The van der Waals surface area contributed by atoms with E-state index in [1.807, 2.05) is 13.0 Å². The Morgan fingerprint density at radius 1 is 1.35 bits per heavy atom. The maximum Gasteiger partial charge on any atom is 0.335 e. The van der Waals surface area contributed by atoms with Gasteiger partial charge in [0.15, 0.2) is 0 Å². The molecular weight excluding hydrogens is 252 g/mol. The van der Waals surface area contributed by atoms with E-state index in [2.05, 4.69) is 30.7 Å². The largest absolute Gasteiger partial charge is 0.478 e. The average Bonchev–Trinajstić information content (AvgIpc) is 2.35. The SMILES string of the molecule is Cc1cc(C(=O)O)ccc1CN1CCN(C)C(C)(C)C1. The highest BCUT2D eigenvalue weighted by molar-refractivity contribution is 5.87. The molecule has 1 heterocycles. The quantitative estimate of drug-likeness (QED) is 0.919. The standard InChI is InChI=1S/C16H24N2O2/c1-12-9-13(15(19)20)5-6-14(12)10-18-8-7-17(4)16(2,3)11-18/h5-6,9H,7-8,10-11H2,1-4H3,(H,19,20). The third kappa shape index (κ3) is 3.19. The van der Waals surface area contributed by atoms with Crippen molar-refractivity contribution in [1.82, 2.24) is 9.80 Å². The molecule has 2 rings (SSSR count). The van der Waals surface area contributed by atoms with Gasteiger partial charge in [-0.15, -0.1) is 0 Å². The Bertz CT molecular complexity index is 511. The molecule has 1 fully saturated rings. The van der Waals surface area contributed by atoms with Crippen molar-refractivity contribution in [2.24, 2.45) is 0 Å². The van der Waals surface area contributed by atoms with Crippen LogP contribution in [0.25, 0.3) is 0 Å². The lowest BCUT2D eigenvalue weighted by Gasteiger charge is -2.45. The molecule has 1 saturated heterocycles. The number of benzene rings is 1. The molecule has 110 valence electrons. The van der Waals surface area contributed by atoms with Crippen LogP contribution in [0.5, 0.6) is 0 Å². The monoisotopic (exact) mass is 276 g/mol. The van der Waals surface area contributed by atoms with Gasteiger partial charge in [0.1, 0.15) is 0 Å². The number of carbonyl (C=O) groups is 1. The molecule has 0 spiro atoms. The van der Waals surface area contributed by atoms with Gasteiger partial charge >= 0.3 is 5.97 Å². The molecule has 4 nitrogen and oxygen atoms in total. The number of rotatable bonds is 3. The molecule has 0 unspecified atom stereocenters. The van der Waals surface area contributed by atoms with Gasteiger partial charge in [0.25, 0.3) is 0 Å². The Morgan fingerprint density at radius 2 is 2.05 bits per heavy atom. The van der Waals surface area contributed by atoms with E-state index in [1.165, 1.54) is 5.56 Å². The van der Waals surface area contributed by atoms with Crippen LogP contribution < -0.4 is 0 Å². The first-order valence-corrected chi connectivity index (χ1v) is 7.06. The van der Waals surface area contributed by atoms with Crippen LogP contribution in [-0.4, -0.2) is 53.1 Å². The van der Waals surface area contributed by atoms with Gasteiger partial charge in [-0.2, -0.15) is 0 Å². The highest BCUT2D eigenvalue weighted by Gasteiger charge is 2.30. The normalized spacial score (nSPS) is 20.0. The van der Waals surface area contributed by atoms with Crippen molar-refractivity contribution in [3.8, 4) is 0 Å². The number of nitrogens with zero attached hydrogens (tertiary/aromatic N) is 2. The lowest BCUT2D eigenvalue weighted by atomic mass is 9.98. The van der Waals surface area contributed by atoms with Crippen molar-refractivity contribution in [2.75, 3.05) is 26.7 Å². The summed E-state index contributed by atoms with van der Waals surface area (Å²) >= 11 is 0. The van der Waals surface area contributed by atoms with Gasteiger partial charge in [0.2, 0.25) is 0 Å². The van der Waals surface area contributed by atoms with Crippen molar-refractivity contribution in [2.45, 2.75) is 32.9 Å². The average molecular weight is 276 g/mol. The second-order valence-corrected chi connectivity index (χ2v) is 6.39. The minimum atomic E-state index is -0.861. The number of carboxylic acids is 1. The van der Waals surface area contributed by atoms with E-state index in [-0.39, 0.29) is 5.54 Å². The van der Waals surface area contributed by atoms with Gasteiger partial charge in [-0.05, 0) is 51.1 Å². The van der Waals surface area contributed by atoms with E-state index in [9.17, 15) is 4.79 Å². The molecule has 20 heavy (non-hydrogen) atoms. The van der Waals surface area contributed by atoms with E-state index in [0.29, 0.717) is 5.56 Å². The summed E-state index contributed by atoms with van der Waals surface area (Å²) in [6.45, 7) is 10.6. The van der Waals surface area contributed by atoms with Crippen molar-refractivity contribution >= 4 is 5.97 Å². The van der Waals surface area contributed by atoms with Crippen molar-refractivity contribution in [3.63, 3.8) is 0 Å². The van der Waals surface area contributed by atoms with Gasteiger partial charge in [-0.3, -0.25) is 9.80 Å². The first-order chi connectivity index (χ1) is 9.29. The molecule has 0 radical (unpaired) electrons. The van der Waals surface area contributed by atoms with Crippen LogP contribution in [0.1, 0.15) is 35.3 Å². The summed E-state index contributed by atoms with van der Waals surface area (Å²) in [5.74, 6) is -0.861. The smallest absolute Gasteiger partial charge is 0.335 e. The van der Waals surface area contributed by atoms with Crippen LogP contribution >= 0.6 is 0 Å². The number of carboxylic acid groups (broad SMARTS) is 1. The highest BCUT2D eigenvalue weighted by atomic mass is 16.4. The Balaban J connectivity index is 2.09. The summed E-state index contributed by atoms with van der Waals surface area (Å²) in [5, 5.41) is 9.00. The fourth-order valence-electron chi connectivity index (χ4n) is 2.72. The molecule has 1 aromatic carbocycles. The lowest BCUT2D eigenvalue weighted by Crippen LogP contribution is -2.57. The lowest BCUT2D eigenvalue weighted by molar-refractivity contribution is 0.0359. The van der Waals surface area contributed by atoms with E-state index < -0.39 is 5.97 Å². The van der Waals surface area contributed by atoms with Crippen LogP contribution in [0.3, 0.4) is 0 Å². The highest BCUT2D eigenvalue weighted by Crippen LogP contribution is 2.21. The summed E-state index contributed by atoms with van der Waals surface area (Å²) in [5.41, 5.74) is 2.83. The Hall–Kier alpha value is -1.39. The molecule has 0 aromatic heterocycles. The summed E-state index contributed by atoms with van der Waals surface area (Å²) in [4.78, 5) is 15.8. The summed E-state index contributed by atoms with van der Waals surface area (Å²) in [6.07, 6.45) is 0. The number of aromatic carboxylic acids is 1. The topological polar surface area (TPSA) is 43.8 Å². The second kappa shape index (κ2) is 5.54. The maximum absolute atomic E-state index is 11.0. The Labute approximate surface area is 121 Å². The van der Waals surface area contributed by atoms with Gasteiger partial charge < -0.3 is 5.11 Å². The maximum atomic E-state index is 11.0. The van der Waals surface area contributed by atoms with E-state index in [0.717, 1.165) is 31.7 Å². The zero-order valence-corrected chi connectivity index (χ0v) is 12.8. The first-order valence-electron chi connectivity index (χ1n) is 7.06. The molecule has 0 amide bonds. The molecule has 0 aliphatic carbocycles. The summed E-state index contributed by atoms with van der Waals surface area (Å²) in [6, 6.07) is 5.41. The van der Waals surface area contributed by atoms with Crippen molar-refractivity contribution in [3.05, 3.63) is 34.9 Å².